The zero-order valence-electron chi connectivity index (χ0n) is 23.4. The Bertz CT molecular complexity index is 1810. The number of imide groups is 2. The first-order valence-corrected chi connectivity index (χ1v) is 14.6. The number of hydrogen-bond acceptors (Lipinski definition) is 6. The number of fused-ring (bicyclic) bond motifs is 4. The van der Waals surface area contributed by atoms with Crippen LogP contribution in [0.1, 0.15) is 36.3 Å². The molecule has 2 aliphatic carbocycles. The number of likely N-dealkylation sites (tertiary alicyclic amines) is 1. The summed E-state index contributed by atoms with van der Waals surface area (Å²) in [6.45, 7) is 1.03. The van der Waals surface area contributed by atoms with Gasteiger partial charge < -0.3 is 10.2 Å². The van der Waals surface area contributed by atoms with Gasteiger partial charge in [0.05, 0.1) is 18.3 Å². The molecule has 3 fully saturated rings. The SMILES string of the molecule is Cc1cccc(C2C3=CCC4C(=O)N(CCC(=O)O)C(=O)C4C3CC3(Cl)C(=O)N(c4c(F)c(F)c(F)c(F)c4F)C(=O)C23Cl)c1O. The summed E-state index contributed by atoms with van der Waals surface area (Å²) in [6.07, 6.45) is 0.0924. The van der Waals surface area contributed by atoms with E-state index in [0.29, 0.717) is 0 Å². The highest BCUT2D eigenvalue weighted by Crippen LogP contribution is 2.66. The van der Waals surface area contributed by atoms with Crippen molar-refractivity contribution in [2.45, 2.75) is 41.9 Å². The molecule has 4 amide bonds. The molecule has 0 aromatic heterocycles. The first kappa shape index (κ1) is 31.9. The molecule has 2 saturated heterocycles. The van der Waals surface area contributed by atoms with Gasteiger partial charge in [-0.25, -0.2) is 26.9 Å². The Morgan fingerprint density at radius 3 is 2.15 bits per heavy atom. The first-order valence-electron chi connectivity index (χ1n) is 13.8. The van der Waals surface area contributed by atoms with Gasteiger partial charge in [-0.05, 0) is 31.2 Å². The highest BCUT2D eigenvalue weighted by atomic mass is 35.5. The minimum absolute atomic E-state index is 0.102. The number of rotatable bonds is 5. The van der Waals surface area contributed by atoms with Gasteiger partial charge in [-0.1, -0.05) is 29.8 Å². The van der Waals surface area contributed by atoms with Crippen LogP contribution >= 0.6 is 23.2 Å². The lowest BCUT2D eigenvalue weighted by Gasteiger charge is -2.50. The minimum atomic E-state index is -2.76. The molecule has 6 atom stereocenters. The molecule has 16 heteroatoms. The number of aliphatic carboxylic acids is 1. The largest absolute Gasteiger partial charge is 0.507 e. The number of benzene rings is 2. The molecule has 9 nitrogen and oxygen atoms in total. The van der Waals surface area contributed by atoms with Gasteiger partial charge in [0.1, 0.15) is 11.4 Å². The number of hydrogen-bond donors (Lipinski definition) is 2. The van der Waals surface area contributed by atoms with E-state index in [-0.39, 0.29) is 28.0 Å². The van der Waals surface area contributed by atoms with Crippen LogP contribution in [0.4, 0.5) is 27.6 Å². The smallest absolute Gasteiger partial charge is 0.305 e. The highest BCUT2D eigenvalue weighted by Gasteiger charge is 2.77. The van der Waals surface area contributed by atoms with E-state index in [0.717, 1.165) is 4.90 Å². The summed E-state index contributed by atoms with van der Waals surface area (Å²) in [4.78, 5) is 61.4. The molecule has 2 heterocycles. The van der Waals surface area contributed by atoms with Crippen LogP contribution in [0.25, 0.3) is 0 Å². The van der Waals surface area contributed by atoms with Crippen molar-refractivity contribution in [2.24, 2.45) is 17.8 Å². The van der Waals surface area contributed by atoms with E-state index in [1.165, 1.54) is 31.2 Å². The predicted octanol–water partition coefficient (Wildman–Crippen LogP) is 4.43. The molecule has 1 saturated carbocycles. The second-order valence-electron chi connectivity index (χ2n) is 11.7. The molecule has 6 unspecified atom stereocenters. The van der Waals surface area contributed by atoms with Gasteiger partial charge in [0.25, 0.3) is 11.8 Å². The van der Waals surface area contributed by atoms with Crippen LogP contribution in [0.15, 0.2) is 29.8 Å². The zero-order valence-corrected chi connectivity index (χ0v) is 24.9. The Morgan fingerprint density at radius 1 is 0.935 bits per heavy atom. The second-order valence-corrected chi connectivity index (χ2v) is 12.9. The van der Waals surface area contributed by atoms with Crippen molar-refractivity contribution in [1.29, 1.82) is 0 Å². The van der Waals surface area contributed by atoms with Gasteiger partial charge >= 0.3 is 5.97 Å². The van der Waals surface area contributed by atoms with E-state index in [2.05, 4.69) is 0 Å². The monoisotopic (exact) mass is 686 g/mol. The third-order valence-corrected chi connectivity index (χ3v) is 10.9. The summed E-state index contributed by atoms with van der Waals surface area (Å²) in [5, 5.41) is 20.3. The first-order chi connectivity index (χ1) is 21.5. The van der Waals surface area contributed by atoms with Crippen LogP contribution in [0.2, 0.25) is 0 Å². The van der Waals surface area contributed by atoms with Gasteiger partial charge in [-0.15, -0.1) is 23.2 Å². The lowest BCUT2D eigenvalue weighted by Crippen LogP contribution is -2.60. The van der Waals surface area contributed by atoms with Gasteiger partial charge in [-0.2, -0.15) is 0 Å². The van der Waals surface area contributed by atoms with E-state index in [1.54, 1.807) is 0 Å². The Balaban J connectivity index is 1.58. The minimum Gasteiger partial charge on any atom is -0.507 e. The van der Waals surface area contributed by atoms with Gasteiger partial charge in [0.15, 0.2) is 33.0 Å². The summed E-state index contributed by atoms with van der Waals surface area (Å²) in [7, 11) is 0. The van der Waals surface area contributed by atoms with Crippen LogP contribution in [-0.2, 0) is 24.0 Å². The fraction of sp³-hybridized carbons (Fsp3) is 0.367. The number of allylic oxidation sites excluding steroid dienone is 2. The van der Waals surface area contributed by atoms with Crippen LogP contribution in [0.3, 0.4) is 0 Å². The number of carboxylic acid groups (broad SMARTS) is 1. The van der Waals surface area contributed by atoms with Crippen molar-refractivity contribution in [2.75, 3.05) is 11.4 Å². The molecular weight excluding hydrogens is 666 g/mol. The fourth-order valence-electron chi connectivity index (χ4n) is 7.32. The van der Waals surface area contributed by atoms with Crippen molar-refractivity contribution in [1.82, 2.24) is 4.90 Å². The number of aryl methyl sites for hydroxylation is 1. The number of phenolic OH excluding ortho intramolecular Hbond substituents is 1. The van der Waals surface area contributed by atoms with Gasteiger partial charge in [0.2, 0.25) is 17.6 Å². The Hall–Kier alpha value is -4.04. The number of phenols is 1. The zero-order chi connectivity index (χ0) is 33.8. The third-order valence-electron chi connectivity index (χ3n) is 9.44. The molecule has 6 rings (SSSR count). The molecule has 46 heavy (non-hydrogen) atoms. The van der Waals surface area contributed by atoms with Crippen LogP contribution in [0, 0.1) is 53.8 Å². The molecule has 0 bridgehead atoms. The number of halogens is 7. The summed E-state index contributed by atoms with van der Waals surface area (Å²) in [5.74, 6) is -24.0. The third kappa shape index (κ3) is 3.95. The lowest BCUT2D eigenvalue weighted by atomic mass is 9.56. The van der Waals surface area contributed by atoms with E-state index in [4.69, 9.17) is 28.3 Å². The molecule has 2 N–H and O–H groups in total. The van der Waals surface area contributed by atoms with Gasteiger partial charge in [-0.3, -0.25) is 28.9 Å². The number of anilines is 1. The molecule has 2 aliphatic heterocycles. The van der Waals surface area contributed by atoms with E-state index in [1.807, 2.05) is 0 Å². The Kier molecular flexibility index (Phi) is 7.28. The highest BCUT2D eigenvalue weighted by molar-refractivity contribution is 6.58. The Morgan fingerprint density at radius 2 is 1.54 bits per heavy atom. The van der Waals surface area contributed by atoms with E-state index in [9.17, 15) is 42.3 Å². The quantitative estimate of drug-likeness (QED) is 0.119. The number of alkyl halides is 2. The van der Waals surface area contributed by atoms with Crippen molar-refractivity contribution in [3.8, 4) is 5.75 Å². The number of amides is 4. The molecule has 2 aromatic carbocycles. The van der Waals surface area contributed by atoms with Crippen LogP contribution < -0.4 is 4.90 Å². The van der Waals surface area contributed by atoms with Crippen LogP contribution in [-0.4, -0.2) is 61.0 Å². The van der Waals surface area contributed by atoms with Crippen molar-refractivity contribution in [3.63, 3.8) is 0 Å². The number of carbonyl (C=O) groups excluding carboxylic acids is 4. The molecule has 4 aliphatic rings. The second kappa shape index (κ2) is 10.5. The number of aromatic hydroxyl groups is 1. The number of nitrogens with zero attached hydrogens (tertiary/aromatic N) is 2. The summed E-state index contributed by atoms with van der Waals surface area (Å²) < 4.78 is 72.7. The standard InChI is InChI=1S/C30H21Cl2F5N2O7/c1-10-3-2-4-13(24(10)42)17-11-5-6-12-16(26(44)38(25(12)43)8-7-15(40)41)14(11)9-29(31)27(45)39(28(46)30(17,29)32)23-21(36)19(34)18(33)20(35)22(23)37/h2-5,12,14,16-17,42H,6-9H2,1H3,(H,40,41). The normalized spacial score (nSPS) is 30.4. The molecular formula is C30H21Cl2F5N2O7. The lowest BCUT2D eigenvalue weighted by molar-refractivity contribution is -0.142. The summed E-state index contributed by atoms with van der Waals surface area (Å²) in [6, 6.07) is 4.27. The van der Waals surface area contributed by atoms with Gasteiger partial charge in [0, 0.05) is 18.0 Å². The Labute approximate surface area is 266 Å². The number of carbonyl (C=O) groups is 5. The van der Waals surface area contributed by atoms with E-state index >= 15 is 8.78 Å². The van der Waals surface area contributed by atoms with E-state index < -0.39 is 123 Å². The average molecular weight is 687 g/mol. The molecule has 242 valence electrons. The molecule has 2 aromatic rings. The maximum absolute atomic E-state index is 15.1. The summed E-state index contributed by atoms with van der Waals surface area (Å²) >= 11 is 14.0. The predicted molar refractivity (Wildman–Crippen MR) is 148 cm³/mol. The molecule has 0 radical (unpaired) electrons. The topological polar surface area (TPSA) is 132 Å². The number of carboxylic acids is 1. The maximum atomic E-state index is 15.1. The fourth-order valence-corrected chi connectivity index (χ4v) is 8.25. The van der Waals surface area contributed by atoms with Crippen molar-refractivity contribution >= 4 is 58.5 Å². The average Bonchev–Trinajstić information content (AvgIpc) is 3.34. The molecule has 0 spiro atoms. The number of para-hydroxylation sites is 1. The van der Waals surface area contributed by atoms with Crippen molar-refractivity contribution < 1.29 is 56.1 Å². The van der Waals surface area contributed by atoms with Crippen molar-refractivity contribution in [3.05, 3.63) is 70.1 Å². The maximum Gasteiger partial charge on any atom is 0.305 e. The summed E-state index contributed by atoms with van der Waals surface area (Å²) in [5.41, 5.74) is -1.59. The van der Waals surface area contributed by atoms with Crippen LogP contribution in [0.5, 0.6) is 5.75 Å².